The quantitative estimate of drug-likeness (QED) is 0.695. The molecule has 2 heterocycles. The number of aliphatic hydroxyl groups excluding tert-OH is 1. The van der Waals surface area contributed by atoms with Crippen LogP contribution in [-0.2, 0) is 0 Å². The Bertz CT molecular complexity index is 192. The lowest BCUT2D eigenvalue weighted by Crippen LogP contribution is -2.50. The third kappa shape index (κ3) is 3.19. The molecule has 0 aromatic heterocycles. The first kappa shape index (κ1) is 12.3. The van der Waals surface area contributed by atoms with Crippen LogP contribution in [0.4, 0.5) is 0 Å². The van der Waals surface area contributed by atoms with Gasteiger partial charge in [0.2, 0.25) is 0 Å². The molecule has 0 radical (unpaired) electrons. The second kappa shape index (κ2) is 6.58. The molecule has 3 nitrogen and oxygen atoms in total. The van der Waals surface area contributed by atoms with Gasteiger partial charge in [0.05, 0.1) is 0 Å². The molecule has 16 heavy (non-hydrogen) atoms. The van der Waals surface area contributed by atoms with E-state index in [9.17, 15) is 0 Å². The van der Waals surface area contributed by atoms with Crippen LogP contribution in [0.15, 0.2) is 0 Å². The summed E-state index contributed by atoms with van der Waals surface area (Å²) in [6.45, 7) is 4.02. The minimum Gasteiger partial charge on any atom is -0.396 e. The molecule has 0 saturated carbocycles. The first-order valence-electron chi connectivity index (χ1n) is 7.00. The summed E-state index contributed by atoms with van der Waals surface area (Å²) >= 11 is 0. The van der Waals surface area contributed by atoms with Crippen LogP contribution in [0.2, 0.25) is 0 Å². The predicted octanol–water partition coefficient (Wildman–Crippen LogP) is 1.37. The third-order valence-electron chi connectivity index (χ3n) is 4.08. The number of likely N-dealkylation sites (tertiary alicyclic amines) is 1. The van der Waals surface area contributed by atoms with Gasteiger partial charge < -0.3 is 10.4 Å². The van der Waals surface area contributed by atoms with Crippen molar-refractivity contribution in [1.82, 2.24) is 10.2 Å². The topological polar surface area (TPSA) is 35.5 Å². The first-order valence-corrected chi connectivity index (χ1v) is 7.00. The van der Waals surface area contributed by atoms with Crippen molar-refractivity contribution in [2.45, 2.75) is 57.0 Å². The standard InChI is InChI=1S/C13H26N2O/c16-11-4-3-10-15-9-2-1-7-13(15)12-6-5-8-14-12/h12-14,16H,1-11H2. The minimum atomic E-state index is 0.347. The highest BCUT2D eigenvalue weighted by atomic mass is 16.2. The molecule has 2 N–H and O–H groups in total. The molecular formula is C13H26N2O. The molecular weight excluding hydrogens is 200 g/mol. The number of aliphatic hydroxyl groups is 1. The zero-order valence-corrected chi connectivity index (χ0v) is 10.3. The molecule has 2 fully saturated rings. The van der Waals surface area contributed by atoms with Crippen LogP contribution < -0.4 is 5.32 Å². The van der Waals surface area contributed by atoms with Crippen molar-refractivity contribution in [3.63, 3.8) is 0 Å². The fourth-order valence-electron chi connectivity index (χ4n) is 3.22. The highest BCUT2D eigenvalue weighted by Crippen LogP contribution is 2.24. The monoisotopic (exact) mass is 226 g/mol. The molecule has 0 aromatic rings. The van der Waals surface area contributed by atoms with E-state index in [1.165, 1.54) is 51.7 Å². The highest BCUT2D eigenvalue weighted by Gasteiger charge is 2.30. The zero-order chi connectivity index (χ0) is 11.2. The van der Waals surface area contributed by atoms with Crippen molar-refractivity contribution in [1.29, 1.82) is 0 Å². The van der Waals surface area contributed by atoms with Gasteiger partial charge in [0.1, 0.15) is 0 Å². The molecule has 2 rings (SSSR count). The fraction of sp³-hybridized carbons (Fsp3) is 1.00. The number of rotatable bonds is 5. The van der Waals surface area contributed by atoms with Crippen molar-refractivity contribution in [2.24, 2.45) is 0 Å². The van der Waals surface area contributed by atoms with Crippen molar-refractivity contribution in [3.05, 3.63) is 0 Å². The molecule has 3 heteroatoms. The van der Waals surface area contributed by atoms with Gasteiger partial charge >= 0.3 is 0 Å². The number of nitrogens with one attached hydrogen (secondary N) is 1. The van der Waals surface area contributed by atoms with Crippen molar-refractivity contribution in [3.8, 4) is 0 Å². The molecule has 0 amide bonds. The summed E-state index contributed by atoms with van der Waals surface area (Å²) in [5.74, 6) is 0. The number of unbranched alkanes of at least 4 members (excludes halogenated alkanes) is 1. The molecule has 0 bridgehead atoms. The van der Waals surface area contributed by atoms with E-state index in [0.717, 1.165) is 24.9 Å². The number of piperidine rings is 1. The van der Waals surface area contributed by atoms with Gasteiger partial charge in [-0.25, -0.2) is 0 Å². The van der Waals surface area contributed by atoms with Gasteiger partial charge in [-0.15, -0.1) is 0 Å². The van der Waals surface area contributed by atoms with Crippen LogP contribution >= 0.6 is 0 Å². The fourth-order valence-corrected chi connectivity index (χ4v) is 3.22. The third-order valence-corrected chi connectivity index (χ3v) is 4.08. The first-order chi connectivity index (χ1) is 7.92. The van der Waals surface area contributed by atoms with Crippen molar-refractivity contribution < 1.29 is 5.11 Å². The Morgan fingerprint density at radius 3 is 2.81 bits per heavy atom. The SMILES string of the molecule is OCCCCN1CCCCC1C1CCCN1. The van der Waals surface area contributed by atoms with Crippen LogP contribution in [0.1, 0.15) is 44.9 Å². The Hall–Kier alpha value is -0.120. The molecule has 2 aliphatic heterocycles. The van der Waals surface area contributed by atoms with E-state index >= 15 is 0 Å². The van der Waals surface area contributed by atoms with Gasteiger partial charge in [-0.3, -0.25) is 4.90 Å². The van der Waals surface area contributed by atoms with Crippen molar-refractivity contribution >= 4 is 0 Å². The highest BCUT2D eigenvalue weighted by molar-refractivity contribution is 4.90. The predicted molar refractivity (Wildman–Crippen MR) is 66.6 cm³/mol. The molecule has 94 valence electrons. The second-order valence-corrected chi connectivity index (χ2v) is 5.23. The van der Waals surface area contributed by atoms with Gasteiger partial charge in [-0.05, 0) is 58.2 Å². The summed E-state index contributed by atoms with van der Waals surface area (Å²) in [4.78, 5) is 2.67. The lowest BCUT2D eigenvalue weighted by atomic mass is 9.94. The average molecular weight is 226 g/mol. The van der Waals surface area contributed by atoms with E-state index in [2.05, 4.69) is 10.2 Å². The van der Waals surface area contributed by atoms with Gasteiger partial charge in [0.15, 0.2) is 0 Å². The maximum atomic E-state index is 8.84. The molecule has 0 aliphatic carbocycles. The normalized spacial score (nSPS) is 32.1. The summed E-state index contributed by atoms with van der Waals surface area (Å²) in [5, 5.41) is 12.5. The largest absolute Gasteiger partial charge is 0.396 e. The maximum absolute atomic E-state index is 8.84. The molecule has 2 aliphatic rings. The average Bonchev–Trinajstić information content (AvgIpc) is 2.83. The van der Waals surface area contributed by atoms with Crippen LogP contribution in [0.5, 0.6) is 0 Å². The minimum absolute atomic E-state index is 0.347. The Morgan fingerprint density at radius 1 is 1.12 bits per heavy atom. The number of hydrogen-bond donors (Lipinski definition) is 2. The lowest BCUT2D eigenvalue weighted by molar-refractivity contribution is 0.115. The summed E-state index contributed by atoms with van der Waals surface area (Å²) in [6.07, 6.45) is 8.96. The molecule has 0 spiro atoms. The number of nitrogens with zero attached hydrogens (tertiary/aromatic N) is 1. The van der Waals surface area contributed by atoms with Gasteiger partial charge in [-0.1, -0.05) is 6.42 Å². The van der Waals surface area contributed by atoms with E-state index < -0.39 is 0 Å². The van der Waals surface area contributed by atoms with Crippen LogP contribution in [0.3, 0.4) is 0 Å². The van der Waals surface area contributed by atoms with Crippen molar-refractivity contribution in [2.75, 3.05) is 26.2 Å². The Kier molecular flexibility index (Phi) is 5.07. The van der Waals surface area contributed by atoms with Gasteiger partial charge in [0.25, 0.3) is 0 Å². The molecule has 2 saturated heterocycles. The van der Waals surface area contributed by atoms with E-state index in [-0.39, 0.29) is 0 Å². The van der Waals surface area contributed by atoms with Crippen LogP contribution in [-0.4, -0.2) is 48.3 Å². The summed E-state index contributed by atoms with van der Waals surface area (Å²) in [6, 6.07) is 1.52. The van der Waals surface area contributed by atoms with Crippen LogP contribution in [0, 0.1) is 0 Å². The second-order valence-electron chi connectivity index (χ2n) is 5.23. The summed E-state index contributed by atoms with van der Waals surface area (Å²) in [5.41, 5.74) is 0. The van der Waals surface area contributed by atoms with Crippen LogP contribution in [0.25, 0.3) is 0 Å². The van der Waals surface area contributed by atoms with E-state index in [4.69, 9.17) is 5.11 Å². The Balaban J connectivity index is 1.81. The van der Waals surface area contributed by atoms with E-state index in [1.54, 1.807) is 0 Å². The van der Waals surface area contributed by atoms with Gasteiger partial charge in [-0.2, -0.15) is 0 Å². The maximum Gasteiger partial charge on any atom is 0.0431 e. The van der Waals surface area contributed by atoms with E-state index in [0.29, 0.717) is 6.61 Å². The summed E-state index contributed by atoms with van der Waals surface area (Å²) in [7, 11) is 0. The Morgan fingerprint density at radius 2 is 2.06 bits per heavy atom. The van der Waals surface area contributed by atoms with Gasteiger partial charge in [0, 0.05) is 18.7 Å². The molecule has 0 aromatic carbocycles. The Labute approximate surface area is 99.2 Å². The molecule has 2 atom stereocenters. The molecule has 2 unspecified atom stereocenters. The number of hydrogen-bond acceptors (Lipinski definition) is 3. The lowest BCUT2D eigenvalue weighted by Gasteiger charge is -2.39. The zero-order valence-electron chi connectivity index (χ0n) is 10.3. The summed E-state index contributed by atoms with van der Waals surface area (Å²) < 4.78 is 0. The van der Waals surface area contributed by atoms with E-state index in [1.807, 2.05) is 0 Å². The smallest absolute Gasteiger partial charge is 0.0431 e.